The average Bonchev–Trinajstić information content (AvgIpc) is 2.77. The lowest BCUT2D eigenvalue weighted by Crippen LogP contribution is -2.43. The monoisotopic (exact) mass is 313 g/mol. The van der Waals surface area contributed by atoms with Crippen LogP contribution >= 0.6 is 0 Å². The summed E-state index contributed by atoms with van der Waals surface area (Å²) < 4.78 is 5.18. The summed E-state index contributed by atoms with van der Waals surface area (Å²) in [6, 6.07) is 7.77. The number of carbonyl (C=O) groups is 2. The van der Waals surface area contributed by atoms with Crippen molar-refractivity contribution in [3.63, 3.8) is 0 Å². The highest BCUT2D eigenvalue weighted by molar-refractivity contribution is 5.98. The van der Waals surface area contributed by atoms with Crippen LogP contribution in [0.2, 0.25) is 0 Å². The fraction of sp³-hybridized carbons (Fsp3) is 0.294. The van der Waals surface area contributed by atoms with Gasteiger partial charge in [-0.25, -0.2) is 10.2 Å². The van der Waals surface area contributed by atoms with E-state index in [0.717, 1.165) is 24.3 Å². The quantitative estimate of drug-likeness (QED) is 0.896. The van der Waals surface area contributed by atoms with E-state index in [9.17, 15) is 9.59 Å². The number of carbonyl (C=O) groups excluding carboxylic acids is 2. The number of Topliss-reactive ketones (excluding diaryl/α,β-unsaturated/α-hetero) is 1. The van der Waals surface area contributed by atoms with Gasteiger partial charge in [0.05, 0.1) is 11.4 Å². The van der Waals surface area contributed by atoms with Crippen molar-refractivity contribution < 1.29 is 14.3 Å². The zero-order valence-corrected chi connectivity index (χ0v) is 12.7. The molecule has 120 valence electrons. The summed E-state index contributed by atoms with van der Waals surface area (Å²) in [7, 11) is 0. The number of hydrogen-bond acceptors (Lipinski definition) is 5. The Kier molecular flexibility index (Phi) is 4.61. The van der Waals surface area contributed by atoms with Gasteiger partial charge in [-0.1, -0.05) is 30.4 Å². The molecule has 0 unspecified atom stereocenters. The van der Waals surface area contributed by atoms with Crippen LogP contribution in [0.5, 0.6) is 0 Å². The van der Waals surface area contributed by atoms with E-state index in [1.807, 2.05) is 24.3 Å². The van der Waals surface area contributed by atoms with E-state index >= 15 is 0 Å². The molecule has 0 spiro atoms. The van der Waals surface area contributed by atoms with Crippen molar-refractivity contribution in [1.29, 1.82) is 0 Å². The van der Waals surface area contributed by atoms with Crippen LogP contribution in [0.3, 0.4) is 0 Å². The minimum atomic E-state index is -0.565. The van der Waals surface area contributed by atoms with Crippen LogP contribution in [0.25, 0.3) is 0 Å². The Morgan fingerprint density at radius 1 is 1.35 bits per heavy atom. The first kappa shape index (κ1) is 15.1. The summed E-state index contributed by atoms with van der Waals surface area (Å²) in [5.74, 6) is -0.00961. The van der Waals surface area contributed by atoms with E-state index in [-0.39, 0.29) is 12.4 Å². The van der Waals surface area contributed by atoms with Crippen LogP contribution in [0.4, 0.5) is 16.2 Å². The molecule has 3 rings (SSSR count). The number of benzene rings is 1. The lowest BCUT2D eigenvalue weighted by molar-refractivity contribution is -0.115. The van der Waals surface area contributed by atoms with Crippen LogP contribution in [0.15, 0.2) is 48.1 Å². The highest BCUT2D eigenvalue weighted by atomic mass is 16.6. The Morgan fingerprint density at radius 2 is 2.22 bits per heavy atom. The number of fused-ring (bicyclic) bond motifs is 1. The van der Waals surface area contributed by atoms with Gasteiger partial charge in [0.1, 0.15) is 6.61 Å². The maximum Gasteiger partial charge on any atom is 0.426 e. The minimum Gasteiger partial charge on any atom is -0.443 e. The zero-order chi connectivity index (χ0) is 16.1. The van der Waals surface area contributed by atoms with Gasteiger partial charge in [-0.3, -0.25) is 9.80 Å². The number of amides is 1. The molecule has 0 aromatic heterocycles. The van der Waals surface area contributed by atoms with Gasteiger partial charge < -0.3 is 10.1 Å². The Bertz CT molecular complexity index is 667. The molecule has 0 saturated carbocycles. The van der Waals surface area contributed by atoms with E-state index in [1.165, 1.54) is 0 Å². The van der Waals surface area contributed by atoms with Crippen LogP contribution in [-0.4, -0.2) is 31.6 Å². The van der Waals surface area contributed by atoms with Gasteiger partial charge in [0.15, 0.2) is 5.78 Å². The third-order valence-electron chi connectivity index (χ3n) is 3.75. The van der Waals surface area contributed by atoms with Crippen molar-refractivity contribution in [2.45, 2.75) is 12.8 Å². The largest absolute Gasteiger partial charge is 0.443 e. The Balaban J connectivity index is 1.60. The van der Waals surface area contributed by atoms with Crippen LogP contribution in [0.1, 0.15) is 12.8 Å². The third-order valence-corrected chi connectivity index (χ3v) is 3.75. The van der Waals surface area contributed by atoms with E-state index in [2.05, 4.69) is 10.7 Å². The first-order chi connectivity index (χ1) is 11.2. The molecule has 0 saturated heterocycles. The van der Waals surface area contributed by atoms with E-state index in [0.29, 0.717) is 18.5 Å². The summed E-state index contributed by atoms with van der Waals surface area (Å²) in [6.45, 7) is 1.52. The molecular formula is C17H19N3O3. The molecule has 0 atom stereocenters. The molecule has 2 aliphatic rings. The van der Waals surface area contributed by atoms with Gasteiger partial charge in [0.2, 0.25) is 0 Å². The second kappa shape index (κ2) is 7.00. The number of hydrogen-bond donors (Lipinski definition) is 2. The number of hydrazine groups is 1. The lowest BCUT2D eigenvalue weighted by atomic mass is 10.0. The molecule has 6 nitrogen and oxygen atoms in total. The van der Waals surface area contributed by atoms with E-state index < -0.39 is 6.09 Å². The van der Waals surface area contributed by atoms with E-state index in [1.54, 1.807) is 23.2 Å². The van der Waals surface area contributed by atoms with Crippen molar-refractivity contribution >= 4 is 23.3 Å². The number of ether oxygens (including phenoxy) is 1. The number of allylic oxidation sites excluding steroid dienone is 3. The highest BCUT2D eigenvalue weighted by Crippen LogP contribution is 2.26. The predicted octanol–water partition coefficient (Wildman–Crippen LogP) is 2.41. The van der Waals surface area contributed by atoms with Gasteiger partial charge >= 0.3 is 6.09 Å². The molecule has 1 amide bonds. The fourth-order valence-corrected chi connectivity index (χ4v) is 2.55. The number of nitrogens with one attached hydrogen (secondary N) is 2. The normalized spacial score (nSPS) is 16.8. The molecule has 0 bridgehead atoms. The minimum absolute atomic E-state index is 0.00961. The Hall–Kier alpha value is -2.76. The molecule has 1 aromatic rings. The van der Waals surface area contributed by atoms with Crippen molar-refractivity contribution in [2.24, 2.45) is 0 Å². The summed E-state index contributed by atoms with van der Waals surface area (Å²) in [4.78, 5) is 23.7. The second-order valence-corrected chi connectivity index (χ2v) is 5.38. The highest BCUT2D eigenvalue weighted by Gasteiger charge is 2.18. The third kappa shape index (κ3) is 3.71. The summed E-state index contributed by atoms with van der Waals surface area (Å²) >= 11 is 0. The van der Waals surface area contributed by atoms with E-state index in [4.69, 9.17) is 4.74 Å². The fourth-order valence-electron chi connectivity index (χ4n) is 2.55. The van der Waals surface area contributed by atoms with Gasteiger partial charge in [-0.2, -0.15) is 0 Å². The molecule has 0 radical (unpaired) electrons. The Morgan fingerprint density at radius 3 is 3.09 bits per heavy atom. The zero-order valence-electron chi connectivity index (χ0n) is 12.7. The van der Waals surface area contributed by atoms with Crippen molar-refractivity contribution in [3.05, 3.63) is 48.1 Å². The SMILES string of the molecule is O=C(NN1CCCNc2ccccc21)OCC1=CC=CCC1=O. The summed E-state index contributed by atoms with van der Waals surface area (Å²) in [5.41, 5.74) is 5.13. The van der Waals surface area contributed by atoms with Crippen molar-refractivity contribution in [1.82, 2.24) is 5.43 Å². The molecule has 1 aliphatic heterocycles. The smallest absolute Gasteiger partial charge is 0.426 e. The van der Waals surface area contributed by atoms with Gasteiger partial charge in [0.25, 0.3) is 0 Å². The van der Waals surface area contributed by atoms with Crippen LogP contribution < -0.4 is 15.8 Å². The topological polar surface area (TPSA) is 70.7 Å². The first-order valence-electron chi connectivity index (χ1n) is 7.67. The molecule has 1 heterocycles. The van der Waals surface area contributed by atoms with Gasteiger partial charge in [-0.05, 0) is 18.6 Å². The Labute approximate surface area is 134 Å². The molecule has 2 N–H and O–H groups in total. The molecule has 0 fully saturated rings. The summed E-state index contributed by atoms with van der Waals surface area (Å²) in [5, 5.41) is 5.10. The van der Waals surface area contributed by atoms with Crippen molar-refractivity contribution in [3.8, 4) is 0 Å². The van der Waals surface area contributed by atoms with Crippen LogP contribution in [-0.2, 0) is 9.53 Å². The molecule has 6 heteroatoms. The maximum atomic E-state index is 12.0. The number of para-hydroxylation sites is 2. The number of anilines is 2. The predicted molar refractivity (Wildman–Crippen MR) is 88.2 cm³/mol. The van der Waals surface area contributed by atoms with Crippen molar-refractivity contribution in [2.75, 3.05) is 30.0 Å². The molecule has 1 aromatic carbocycles. The number of rotatable bonds is 3. The average molecular weight is 313 g/mol. The molecule has 1 aliphatic carbocycles. The van der Waals surface area contributed by atoms with Gasteiger partial charge in [0, 0.05) is 25.1 Å². The first-order valence-corrected chi connectivity index (χ1v) is 7.67. The summed E-state index contributed by atoms with van der Waals surface area (Å²) in [6.07, 6.45) is 5.96. The lowest BCUT2D eigenvalue weighted by Gasteiger charge is -2.24. The molecule has 23 heavy (non-hydrogen) atoms. The van der Waals surface area contributed by atoms with Crippen LogP contribution in [0, 0.1) is 0 Å². The standard InChI is InChI=1S/C17H19N3O3/c21-16-9-4-1-6-13(16)12-23-17(22)19-20-11-5-10-18-14-7-2-3-8-15(14)20/h1-4,6-8,18H,5,9-12H2,(H,19,22). The number of ketones is 1. The number of nitrogens with zero attached hydrogens (tertiary/aromatic N) is 1. The molecular weight excluding hydrogens is 294 g/mol. The second-order valence-electron chi connectivity index (χ2n) is 5.38. The van der Waals surface area contributed by atoms with Gasteiger partial charge in [-0.15, -0.1) is 0 Å². The maximum absolute atomic E-state index is 12.0.